The van der Waals surface area contributed by atoms with Crippen molar-refractivity contribution in [2.45, 2.75) is 19.1 Å². The van der Waals surface area contributed by atoms with Gasteiger partial charge in [-0.3, -0.25) is 9.69 Å². The zero-order valence-electron chi connectivity index (χ0n) is 11.1. The number of hydrogen-bond acceptors (Lipinski definition) is 4. The lowest BCUT2D eigenvalue weighted by Crippen LogP contribution is -2.57. The first kappa shape index (κ1) is 13.0. The van der Waals surface area contributed by atoms with Gasteiger partial charge in [0.25, 0.3) is 5.91 Å². The average molecular weight is 252 g/mol. The summed E-state index contributed by atoms with van der Waals surface area (Å²) in [5.74, 6) is 0.0109. The lowest BCUT2D eigenvalue weighted by atomic mass is 10.0. The van der Waals surface area contributed by atoms with Crippen molar-refractivity contribution in [3.63, 3.8) is 0 Å². The number of aromatic amines is 1. The van der Waals surface area contributed by atoms with Crippen LogP contribution in [-0.4, -0.2) is 65.1 Å². The summed E-state index contributed by atoms with van der Waals surface area (Å²) in [4.78, 5) is 23.0. The second-order valence-corrected chi connectivity index (χ2v) is 5.07. The molecule has 0 aromatic carbocycles. The maximum atomic E-state index is 12.1. The fourth-order valence-corrected chi connectivity index (χ4v) is 2.30. The van der Waals surface area contributed by atoms with Gasteiger partial charge in [-0.15, -0.1) is 0 Å². The minimum atomic E-state index is -0.748. The average Bonchev–Trinajstić information content (AvgIpc) is 2.80. The van der Waals surface area contributed by atoms with E-state index in [0.29, 0.717) is 13.2 Å². The number of morpholine rings is 1. The van der Waals surface area contributed by atoms with Crippen LogP contribution < -0.4 is 0 Å². The lowest BCUT2D eigenvalue weighted by molar-refractivity contribution is -0.165. The first-order valence-corrected chi connectivity index (χ1v) is 6.06. The molecule has 18 heavy (non-hydrogen) atoms. The van der Waals surface area contributed by atoms with Crippen LogP contribution in [0.15, 0.2) is 12.5 Å². The standard InChI is InChI=1S/C12H20N4O2/c1-12(11(17)15(2)3)8-16(4-5-18-12)7-10-6-13-9-14-10/h6,9H,4-5,7-8H2,1-3H3,(H,13,14). The molecule has 1 N–H and O–H groups in total. The molecule has 1 aromatic rings. The van der Waals surface area contributed by atoms with Crippen LogP contribution in [0.5, 0.6) is 0 Å². The number of hydrogen-bond donors (Lipinski definition) is 1. The van der Waals surface area contributed by atoms with Gasteiger partial charge in [-0.2, -0.15) is 0 Å². The van der Waals surface area contributed by atoms with E-state index in [9.17, 15) is 4.79 Å². The molecule has 0 saturated carbocycles. The molecule has 0 radical (unpaired) electrons. The van der Waals surface area contributed by atoms with Gasteiger partial charge >= 0.3 is 0 Å². The molecule has 100 valence electrons. The molecule has 2 rings (SSSR count). The SMILES string of the molecule is CN(C)C(=O)C1(C)CN(Cc2cnc[nH]2)CCO1. The fraction of sp³-hybridized carbons (Fsp3) is 0.667. The number of nitrogens with one attached hydrogen (secondary N) is 1. The van der Waals surface area contributed by atoms with Gasteiger partial charge in [0.05, 0.1) is 12.9 Å². The summed E-state index contributed by atoms with van der Waals surface area (Å²) in [6.45, 7) is 4.62. The molecule has 1 atom stereocenters. The number of ether oxygens (including phenoxy) is 1. The Morgan fingerprint density at radius 3 is 3.06 bits per heavy atom. The van der Waals surface area contributed by atoms with E-state index in [0.717, 1.165) is 18.8 Å². The maximum Gasteiger partial charge on any atom is 0.255 e. The summed E-state index contributed by atoms with van der Waals surface area (Å²) in [7, 11) is 3.51. The van der Waals surface area contributed by atoms with E-state index in [-0.39, 0.29) is 5.91 Å². The summed E-state index contributed by atoms with van der Waals surface area (Å²) in [6, 6.07) is 0. The zero-order valence-corrected chi connectivity index (χ0v) is 11.1. The molecule has 6 heteroatoms. The van der Waals surface area contributed by atoms with Crippen LogP contribution >= 0.6 is 0 Å². The Morgan fingerprint density at radius 2 is 2.44 bits per heavy atom. The van der Waals surface area contributed by atoms with Gasteiger partial charge in [-0.25, -0.2) is 4.98 Å². The van der Waals surface area contributed by atoms with Crippen LogP contribution in [0.1, 0.15) is 12.6 Å². The number of aromatic nitrogens is 2. The molecule has 1 amide bonds. The molecule has 6 nitrogen and oxygen atoms in total. The van der Waals surface area contributed by atoms with Crippen molar-refractivity contribution in [2.75, 3.05) is 33.8 Å². The topological polar surface area (TPSA) is 61.5 Å². The number of imidazole rings is 1. The van der Waals surface area contributed by atoms with Crippen molar-refractivity contribution in [3.05, 3.63) is 18.2 Å². The Balaban J connectivity index is 2.01. The number of amides is 1. The number of carbonyl (C=O) groups is 1. The van der Waals surface area contributed by atoms with E-state index in [1.807, 2.05) is 6.92 Å². The second-order valence-electron chi connectivity index (χ2n) is 5.07. The highest BCUT2D eigenvalue weighted by atomic mass is 16.5. The van der Waals surface area contributed by atoms with Crippen LogP contribution in [-0.2, 0) is 16.1 Å². The van der Waals surface area contributed by atoms with Gasteiger partial charge in [-0.05, 0) is 6.92 Å². The summed E-state index contributed by atoms with van der Waals surface area (Å²) in [5, 5.41) is 0. The predicted molar refractivity (Wildman–Crippen MR) is 66.9 cm³/mol. The van der Waals surface area contributed by atoms with E-state index in [2.05, 4.69) is 14.9 Å². The van der Waals surface area contributed by atoms with E-state index in [1.54, 1.807) is 31.5 Å². The highest BCUT2D eigenvalue weighted by Gasteiger charge is 2.40. The summed E-state index contributed by atoms with van der Waals surface area (Å²) >= 11 is 0. The summed E-state index contributed by atoms with van der Waals surface area (Å²) in [6.07, 6.45) is 3.47. The molecule has 1 saturated heterocycles. The van der Waals surface area contributed by atoms with Crippen molar-refractivity contribution >= 4 is 5.91 Å². The first-order chi connectivity index (χ1) is 8.51. The minimum absolute atomic E-state index is 0.0109. The van der Waals surface area contributed by atoms with Crippen molar-refractivity contribution in [1.29, 1.82) is 0 Å². The molecule has 1 aliphatic heterocycles. The van der Waals surface area contributed by atoms with Crippen molar-refractivity contribution < 1.29 is 9.53 Å². The molecule has 1 unspecified atom stereocenters. The predicted octanol–water partition coefficient (Wildman–Crippen LogP) is 0.0888. The van der Waals surface area contributed by atoms with Crippen LogP contribution in [0.4, 0.5) is 0 Å². The van der Waals surface area contributed by atoms with Crippen LogP contribution in [0.2, 0.25) is 0 Å². The van der Waals surface area contributed by atoms with E-state index < -0.39 is 5.60 Å². The Morgan fingerprint density at radius 1 is 1.67 bits per heavy atom. The van der Waals surface area contributed by atoms with Crippen LogP contribution in [0, 0.1) is 0 Å². The molecule has 1 aromatic heterocycles. The van der Waals surface area contributed by atoms with Gasteiger partial charge in [-0.1, -0.05) is 0 Å². The number of carbonyl (C=O) groups excluding carboxylic acids is 1. The first-order valence-electron chi connectivity index (χ1n) is 6.06. The van der Waals surface area contributed by atoms with E-state index in [1.165, 1.54) is 0 Å². The molecular formula is C12H20N4O2. The highest BCUT2D eigenvalue weighted by Crippen LogP contribution is 2.20. The molecule has 2 heterocycles. The van der Waals surface area contributed by atoms with Gasteiger partial charge in [0, 0.05) is 45.6 Å². The quantitative estimate of drug-likeness (QED) is 0.828. The summed E-state index contributed by atoms with van der Waals surface area (Å²) < 4.78 is 5.68. The Labute approximate surface area is 107 Å². The number of rotatable bonds is 3. The zero-order chi connectivity index (χ0) is 13.2. The third kappa shape index (κ3) is 2.70. The molecule has 1 fully saturated rings. The Hall–Kier alpha value is -1.40. The van der Waals surface area contributed by atoms with Crippen molar-refractivity contribution in [2.24, 2.45) is 0 Å². The van der Waals surface area contributed by atoms with Crippen molar-refractivity contribution in [1.82, 2.24) is 19.8 Å². The number of likely N-dealkylation sites (N-methyl/N-ethyl adjacent to an activating group) is 1. The molecule has 0 bridgehead atoms. The smallest absolute Gasteiger partial charge is 0.255 e. The highest BCUT2D eigenvalue weighted by molar-refractivity contribution is 5.84. The van der Waals surface area contributed by atoms with Gasteiger partial charge in [0.15, 0.2) is 5.60 Å². The lowest BCUT2D eigenvalue weighted by Gasteiger charge is -2.40. The number of H-pyrrole nitrogens is 1. The maximum absolute atomic E-state index is 12.1. The third-order valence-electron chi connectivity index (χ3n) is 3.16. The molecular weight excluding hydrogens is 232 g/mol. The summed E-state index contributed by atoms with van der Waals surface area (Å²) in [5.41, 5.74) is 0.304. The molecule has 0 aliphatic carbocycles. The van der Waals surface area contributed by atoms with E-state index in [4.69, 9.17) is 4.74 Å². The molecule has 0 spiro atoms. The normalized spacial score (nSPS) is 25.1. The monoisotopic (exact) mass is 252 g/mol. The van der Waals surface area contributed by atoms with Crippen LogP contribution in [0.3, 0.4) is 0 Å². The van der Waals surface area contributed by atoms with Crippen LogP contribution in [0.25, 0.3) is 0 Å². The number of nitrogens with zero attached hydrogens (tertiary/aromatic N) is 3. The Kier molecular flexibility index (Phi) is 3.68. The fourth-order valence-electron chi connectivity index (χ4n) is 2.30. The van der Waals surface area contributed by atoms with Gasteiger partial charge < -0.3 is 14.6 Å². The second kappa shape index (κ2) is 5.07. The van der Waals surface area contributed by atoms with Gasteiger partial charge in [0.2, 0.25) is 0 Å². The third-order valence-corrected chi connectivity index (χ3v) is 3.16. The van der Waals surface area contributed by atoms with Crippen molar-refractivity contribution in [3.8, 4) is 0 Å². The van der Waals surface area contributed by atoms with E-state index >= 15 is 0 Å². The van der Waals surface area contributed by atoms with Gasteiger partial charge in [0.1, 0.15) is 0 Å². The molecule has 1 aliphatic rings. The minimum Gasteiger partial charge on any atom is -0.363 e. The Bertz CT molecular complexity index is 404. The largest absolute Gasteiger partial charge is 0.363 e.